The van der Waals surface area contributed by atoms with E-state index < -0.39 is 0 Å². The van der Waals surface area contributed by atoms with Gasteiger partial charge in [0.25, 0.3) is 0 Å². The van der Waals surface area contributed by atoms with Gasteiger partial charge in [0.05, 0.1) is 6.42 Å². The van der Waals surface area contributed by atoms with Crippen molar-refractivity contribution in [2.75, 3.05) is 18.8 Å². The minimum absolute atomic E-state index is 0.128. The smallest absolute Gasteiger partial charge is 0.227 e. The van der Waals surface area contributed by atoms with Crippen LogP contribution < -0.4 is 11.1 Å². The van der Waals surface area contributed by atoms with Gasteiger partial charge in [-0.1, -0.05) is 18.2 Å². The van der Waals surface area contributed by atoms with Crippen molar-refractivity contribution >= 4 is 17.5 Å². The Hall–Kier alpha value is -2.04. The number of fused-ring (bicyclic) bond motifs is 1. The number of likely N-dealkylation sites (tertiary alicyclic amines) is 1. The van der Waals surface area contributed by atoms with Gasteiger partial charge in [-0.05, 0) is 30.4 Å². The summed E-state index contributed by atoms with van der Waals surface area (Å²) < 4.78 is 0. The average Bonchev–Trinajstić information content (AvgIpc) is 2.49. The maximum absolute atomic E-state index is 12.4. The molecule has 0 spiro atoms. The Labute approximate surface area is 124 Å². The van der Waals surface area contributed by atoms with Crippen LogP contribution >= 0.6 is 0 Å². The van der Waals surface area contributed by atoms with Crippen molar-refractivity contribution in [3.05, 3.63) is 29.8 Å². The summed E-state index contributed by atoms with van der Waals surface area (Å²) in [5, 5.41) is 3.04. The number of nitrogen functional groups attached to an aromatic ring is 1. The lowest BCUT2D eigenvalue weighted by Crippen LogP contribution is -2.55. The normalized spacial score (nSPS) is 25.1. The molecule has 0 aromatic heterocycles. The van der Waals surface area contributed by atoms with E-state index >= 15 is 0 Å². The molecule has 2 unspecified atom stereocenters. The van der Waals surface area contributed by atoms with Gasteiger partial charge in [0.15, 0.2) is 0 Å². The number of benzene rings is 1. The highest BCUT2D eigenvalue weighted by Gasteiger charge is 2.35. The molecular weight excluding hydrogens is 266 g/mol. The Bertz CT molecular complexity index is 558. The highest BCUT2D eigenvalue weighted by Crippen LogP contribution is 2.26. The highest BCUT2D eigenvalue weighted by atomic mass is 16.2. The highest BCUT2D eigenvalue weighted by molar-refractivity contribution is 5.81. The summed E-state index contributed by atoms with van der Waals surface area (Å²) in [4.78, 5) is 25.8. The second-order valence-electron chi connectivity index (χ2n) is 5.98. The van der Waals surface area contributed by atoms with Crippen molar-refractivity contribution in [3.8, 4) is 0 Å². The second-order valence-corrected chi connectivity index (χ2v) is 5.98. The molecule has 2 saturated heterocycles. The van der Waals surface area contributed by atoms with Crippen molar-refractivity contribution in [1.29, 1.82) is 0 Å². The predicted molar refractivity (Wildman–Crippen MR) is 80.4 cm³/mol. The number of amides is 2. The number of para-hydroxylation sites is 1. The van der Waals surface area contributed by atoms with Crippen LogP contribution in [0.4, 0.5) is 5.69 Å². The SMILES string of the molecule is Nc1ccccc1CC(=O)N1CCC2NC(=O)CCC2C1. The first-order valence-electron chi connectivity index (χ1n) is 7.54. The first kappa shape index (κ1) is 13.9. The molecule has 2 heterocycles. The Kier molecular flexibility index (Phi) is 3.82. The Balaban J connectivity index is 1.62. The van der Waals surface area contributed by atoms with Crippen molar-refractivity contribution in [2.45, 2.75) is 31.7 Å². The van der Waals surface area contributed by atoms with Crippen LogP contribution in [0.1, 0.15) is 24.8 Å². The molecule has 5 heteroatoms. The van der Waals surface area contributed by atoms with Crippen LogP contribution in [-0.2, 0) is 16.0 Å². The standard InChI is InChI=1S/C16H21N3O2/c17-13-4-2-1-3-11(13)9-16(21)19-8-7-14-12(10-19)5-6-15(20)18-14/h1-4,12,14H,5-10,17H2,(H,18,20). The molecule has 0 saturated carbocycles. The minimum Gasteiger partial charge on any atom is -0.398 e. The quantitative estimate of drug-likeness (QED) is 0.795. The van der Waals surface area contributed by atoms with E-state index in [1.54, 1.807) is 0 Å². The summed E-state index contributed by atoms with van der Waals surface area (Å²) in [6.45, 7) is 1.46. The number of hydrogen-bond donors (Lipinski definition) is 2. The summed E-state index contributed by atoms with van der Waals surface area (Å²) >= 11 is 0. The molecule has 2 aliphatic rings. The molecule has 2 atom stereocenters. The fraction of sp³-hybridized carbons (Fsp3) is 0.500. The fourth-order valence-corrected chi connectivity index (χ4v) is 3.31. The molecule has 3 N–H and O–H groups in total. The van der Waals surface area contributed by atoms with Gasteiger partial charge in [-0.2, -0.15) is 0 Å². The van der Waals surface area contributed by atoms with E-state index in [0.29, 0.717) is 31.0 Å². The molecule has 21 heavy (non-hydrogen) atoms. The summed E-state index contributed by atoms with van der Waals surface area (Å²) in [5.41, 5.74) is 7.46. The summed E-state index contributed by atoms with van der Waals surface area (Å²) in [5.74, 6) is 0.671. The summed E-state index contributed by atoms with van der Waals surface area (Å²) in [6, 6.07) is 7.75. The molecule has 0 aliphatic carbocycles. The van der Waals surface area contributed by atoms with E-state index in [1.807, 2.05) is 29.2 Å². The zero-order valence-corrected chi connectivity index (χ0v) is 12.0. The van der Waals surface area contributed by atoms with E-state index in [-0.39, 0.29) is 17.9 Å². The first-order valence-corrected chi connectivity index (χ1v) is 7.54. The van der Waals surface area contributed by atoms with Crippen LogP contribution in [0, 0.1) is 5.92 Å². The number of nitrogens with two attached hydrogens (primary N) is 1. The summed E-state index contributed by atoms with van der Waals surface area (Å²) in [6.07, 6.45) is 2.67. The second kappa shape index (κ2) is 5.76. The van der Waals surface area contributed by atoms with Crippen LogP contribution in [0.3, 0.4) is 0 Å². The van der Waals surface area contributed by atoms with E-state index in [9.17, 15) is 9.59 Å². The molecule has 3 rings (SSSR count). The van der Waals surface area contributed by atoms with Crippen molar-refractivity contribution in [2.24, 2.45) is 5.92 Å². The lowest BCUT2D eigenvalue weighted by Gasteiger charge is -2.41. The average molecular weight is 287 g/mol. The van der Waals surface area contributed by atoms with Crippen molar-refractivity contribution < 1.29 is 9.59 Å². The van der Waals surface area contributed by atoms with Gasteiger partial charge >= 0.3 is 0 Å². The van der Waals surface area contributed by atoms with Crippen LogP contribution in [0.5, 0.6) is 0 Å². The molecule has 2 amide bonds. The molecule has 5 nitrogen and oxygen atoms in total. The third-order valence-electron chi connectivity index (χ3n) is 4.57. The number of nitrogens with one attached hydrogen (secondary N) is 1. The number of hydrogen-bond acceptors (Lipinski definition) is 3. The molecule has 0 radical (unpaired) electrons. The molecule has 1 aromatic rings. The third kappa shape index (κ3) is 3.01. The zero-order valence-electron chi connectivity index (χ0n) is 12.0. The molecule has 2 aliphatic heterocycles. The topological polar surface area (TPSA) is 75.4 Å². The Morgan fingerprint density at radius 3 is 2.95 bits per heavy atom. The van der Waals surface area contributed by atoms with Gasteiger partial charge < -0.3 is 16.0 Å². The van der Waals surface area contributed by atoms with Gasteiger partial charge in [0.1, 0.15) is 0 Å². The van der Waals surface area contributed by atoms with Gasteiger partial charge in [0, 0.05) is 31.2 Å². The van der Waals surface area contributed by atoms with Crippen molar-refractivity contribution in [3.63, 3.8) is 0 Å². The summed E-state index contributed by atoms with van der Waals surface area (Å²) in [7, 11) is 0. The molecular formula is C16H21N3O2. The van der Waals surface area contributed by atoms with Crippen LogP contribution in [0.25, 0.3) is 0 Å². The monoisotopic (exact) mass is 287 g/mol. The number of nitrogens with zero attached hydrogens (tertiary/aromatic N) is 1. The van der Waals surface area contributed by atoms with E-state index in [0.717, 1.165) is 24.9 Å². The lowest BCUT2D eigenvalue weighted by atomic mass is 9.85. The number of carbonyl (C=O) groups is 2. The number of carbonyl (C=O) groups excluding carboxylic acids is 2. The molecule has 0 bridgehead atoms. The first-order chi connectivity index (χ1) is 10.1. The molecule has 2 fully saturated rings. The van der Waals surface area contributed by atoms with E-state index in [2.05, 4.69) is 5.32 Å². The maximum atomic E-state index is 12.4. The number of rotatable bonds is 2. The Morgan fingerprint density at radius 1 is 1.33 bits per heavy atom. The number of piperidine rings is 2. The van der Waals surface area contributed by atoms with E-state index in [1.165, 1.54) is 0 Å². The molecule has 112 valence electrons. The number of anilines is 1. The zero-order chi connectivity index (χ0) is 14.8. The van der Waals surface area contributed by atoms with Crippen LogP contribution in [0.2, 0.25) is 0 Å². The van der Waals surface area contributed by atoms with Gasteiger partial charge in [-0.25, -0.2) is 0 Å². The van der Waals surface area contributed by atoms with Gasteiger partial charge in [-0.3, -0.25) is 9.59 Å². The van der Waals surface area contributed by atoms with Gasteiger partial charge in [0.2, 0.25) is 11.8 Å². The third-order valence-corrected chi connectivity index (χ3v) is 4.57. The van der Waals surface area contributed by atoms with Crippen molar-refractivity contribution in [1.82, 2.24) is 10.2 Å². The van der Waals surface area contributed by atoms with Crippen LogP contribution in [-0.4, -0.2) is 35.8 Å². The van der Waals surface area contributed by atoms with Crippen LogP contribution in [0.15, 0.2) is 24.3 Å². The molecule has 1 aromatic carbocycles. The van der Waals surface area contributed by atoms with Gasteiger partial charge in [-0.15, -0.1) is 0 Å². The predicted octanol–water partition coefficient (Wildman–Crippen LogP) is 0.938. The Morgan fingerprint density at radius 2 is 2.14 bits per heavy atom. The lowest BCUT2D eigenvalue weighted by molar-refractivity contribution is -0.134. The largest absolute Gasteiger partial charge is 0.398 e. The fourth-order valence-electron chi connectivity index (χ4n) is 3.31. The minimum atomic E-state index is 0.128. The van der Waals surface area contributed by atoms with E-state index in [4.69, 9.17) is 5.73 Å². The maximum Gasteiger partial charge on any atom is 0.227 e.